The van der Waals surface area contributed by atoms with Gasteiger partial charge in [0.15, 0.2) is 0 Å². The summed E-state index contributed by atoms with van der Waals surface area (Å²) in [6.45, 7) is 6.53. The first-order chi connectivity index (χ1) is 7.43. The molecule has 0 spiro atoms. The van der Waals surface area contributed by atoms with E-state index in [4.69, 9.17) is 10.5 Å². The fourth-order valence-electron chi connectivity index (χ4n) is 1.51. The van der Waals surface area contributed by atoms with Crippen LogP contribution in [-0.4, -0.2) is 23.9 Å². The first kappa shape index (κ1) is 13.0. The van der Waals surface area contributed by atoms with Crippen LogP contribution >= 0.6 is 0 Å². The van der Waals surface area contributed by atoms with Gasteiger partial charge < -0.3 is 15.6 Å². The molecule has 0 saturated heterocycles. The topological polar surface area (TPSA) is 55.5 Å². The molecule has 0 heterocycles. The molecule has 0 radical (unpaired) electrons. The van der Waals surface area contributed by atoms with Crippen LogP contribution in [0.25, 0.3) is 0 Å². The zero-order valence-electron chi connectivity index (χ0n) is 10.3. The number of ether oxygens (including phenoxy) is 1. The van der Waals surface area contributed by atoms with Crippen LogP contribution < -0.4 is 10.5 Å². The number of nitrogens with two attached hydrogens (primary N) is 1. The van der Waals surface area contributed by atoms with Crippen molar-refractivity contribution < 1.29 is 9.84 Å². The standard InChI is InChI=1S/C13H21NO2/c1-10-6-11(2)8-12(7-10)16-5-4-13(3,15)9-14/h6-8,15H,4-5,9,14H2,1-3H3. The smallest absolute Gasteiger partial charge is 0.119 e. The van der Waals surface area contributed by atoms with Gasteiger partial charge in [-0.2, -0.15) is 0 Å². The predicted octanol–water partition coefficient (Wildman–Crippen LogP) is 1.78. The number of hydrogen-bond acceptors (Lipinski definition) is 3. The Labute approximate surface area is 97.2 Å². The van der Waals surface area contributed by atoms with E-state index >= 15 is 0 Å². The van der Waals surface area contributed by atoms with Gasteiger partial charge in [0.05, 0.1) is 12.2 Å². The van der Waals surface area contributed by atoms with Gasteiger partial charge in [0, 0.05) is 13.0 Å². The molecule has 3 nitrogen and oxygen atoms in total. The Morgan fingerprint density at radius 1 is 1.25 bits per heavy atom. The summed E-state index contributed by atoms with van der Waals surface area (Å²) in [7, 11) is 0. The lowest BCUT2D eigenvalue weighted by molar-refractivity contribution is 0.0453. The molecule has 0 fully saturated rings. The molecule has 1 aromatic rings. The van der Waals surface area contributed by atoms with Crippen molar-refractivity contribution in [3.8, 4) is 5.75 Å². The second kappa shape index (κ2) is 5.32. The molecule has 0 amide bonds. The van der Waals surface area contributed by atoms with Crippen molar-refractivity contribution in [3.63, 3.8) is 0 Å². The molecule has 0 aliphatic rings. The molecule has 0 aliphatic carbocycles. The number of aryl methyl sites for hydroxylation is 2. The van der Waals surface area contributed by atoms with Gasteiger partial charge in [-0.1, -0.05) is 6.07 Å². The molecule has 3 N–H and O–H groups in total. The average molecular weight is 223 g/mol. The highest BCUT2D eigenvalue weighted by molar-refractivity contribution is 5.32. The lowest BCUT2D eigenvalue weighted by atomic mass is 10.0. The SMILES string of the molecule is Cc1cc(C)cc(OCCC(C)(O)CN)c1. The van der Waals surface area contributed by atoms with Crippen molar-refractivity contribution in [2.24, 2.45) is 5.73 Å². The minimum atomic E-state index is -0.834. The maximum absolute atomic E-state index is 9.71. The molecule has 1 rings (SSSR count). The van der Waals surface area contributed by atoms with Crippen molar-refractivity contribution in [1.82, 2.24) is 0 Å². The van der Waals surface area contributed by atoms with Crippen LogP contribution in [0.5, 0.6) is 5.75 Å². The van der Waals surface area contributed by atoms with Crippen LogP contribution in [-0.2, 0) is 0 Å². The Bertz CT molecular complexity index is 328. The first-order valence-electron chi connectivity index (χ1n) is 5.56. The van der Waals surface area contributed by atoms with E-state index in [0.717, 1.165) is 5.75 Å². The average Bonchev–Trinajstić information content (AvgIpc) is 2.16. The van der Waals surface area contributed by atoms with Crippen molar-refractivity contribution in [2.45, 2.75) is 32.8 Å². The maximum Gasteiger partial charge on any atom is 0.119 e. The van der Waals surface area contributed by atoms with Crippen molar-refractivity contribution in [3.05, 3.63) is 29.3 Å². The number of benzene rings is 1. The third-order valence-electron chi connectivity index (χ3n) is 2.54. The summed E-state index contributed by atoms with van der Waals surface area (Å²) in [6, 6.07) is 6.08. The summed E-state index contributed by atoms with van der Waals surface area (Å²) >= 11 is 0. The van der Waals surface area contributed by atoms with E-state index in [9.17, 15) is 5.11 Å². The van der Waals surface area contributed by atoms with E-state index in [1.807, 2.05) is 26.0 Å². The van der Waals surface area contributed by atoms with Gasteiger partial charge in [-0.3, -0.25) is 0 Å². The number of aliphatic hydroxyl groups is 1. The van der Waals surface area contributed by atoms with E-state index < -0.39 is 5.60 Å². The van der Waals surface area contributed by atoms with Gasteiger partial charge in [0.2, 0.25) is 0 Å². The van der Waals surface area contributed by atoms with Gasteiger partial charge in [-0.05, 0) is 44.0 Å². The van der Waals surface area contributed by atoms with Gasteiger partial charge in [0.25, 0.3) is 0 Å². The van der Waals surface area contributed by atoms with Crippen LogP contribution in [0.2, 0.25) is 0 Å². The Morgan fingerprint density at radius 2 is 1.81 bits per heavy atom. The van der Waals surface area contributed by atoms with Crippen molar-refractivity contribution in [2.75, 3.05) is 13.2 Å². The second-order valence-electron chi connectivity index (χ2n) is 4.62. The van der Waals surface area contributed by atoms with Crippen LogP contribution in [0.1, 0.15) is 24.5 Å². The quantitative estimate of drug-likeness (QED) is 0.800. The maximum atomic E-state index is 9.71. The predicted molar refractivity (Wildman–Crippen MR) is 65.7 cm³/mol. The van der Waals surface area contributed by atoms with Crippen LogP contribution in [0, 0.1) is 13.8 Å². The minimum absolute atomic E-state index is 0.253. The van der Waals surface area contributed by atoms with Gasteiger partial charge >= 0.3 is 0 Å². The first-order valence-corrected chi connectivity index (χ1v) is 5.56. The largest absolute Gasteiger partial charge is 0.493 e. The lowest BCUT2D eigenvalue weighted by Gasteiger charge is -2.20. The molecule has 1 unspecified atom stereocenters. The lowest BCUT2D eigenvalue weighted by Crippen LogP contribution is -2.35. The zero-order chi connectivity index (χ0) is 12.2. The van der Waals surface area contributed by atoms with Crippen LogP contribution in [0.3, 0.4) is 0 Å². The Kier molecular flexibility index (Phi) is 4.33. The molecule has 0 aliphatic heterocycles. The second-order valence-corrected chi connectivity index (χ2v) is 4.62. The highest BCUT2D eigenvalue weighted by Gasteiger charge is 2.17. The van der Waals surface area contributed by atoms with E-state index in [1.165, 1.54) is 11.1 Å². The summed E-state index contributed by atoms with van der Waals surface area (Å²) in [6.07, 6.45) is 0.538. The minimum Gasteiger partial charge on any atom is -0.493 e. The molecule has 1 aromatic carbocycles. The van der Waals surface area contributed by atoms with Gasteiger partial charge in [-0.25, -0.2) is 0 Å². The third-order valence-corrected chi connectivity index (χ3v) is 2.54. The van der Waals surface area contributed by atoms with Crippen LogP contribution in [0.15, 0.2) is 18.2 Å². The Hall–Kier alpha value is -1.06. The molecule has 90 valence electrons. The number of hydrogen-bond donors (Lipinski definition) is 2. The third kappa shape index (κ3) is 4.21. The summed E-state index contributed by atoms with van der Waals surface area (Å²) in [5.41, 5.74) is 6.96. The van der Waals surface area contributed by atoms with Crippen LogP contribution in [0.4, 0.5) is 0 Å². The van der Waals surface area contributed by atoms with E-state index in [-0.39, 0.29) is 6.54 Å². The molecular weight excluding hydrogens is 202 g/mol. The summed E-state index contributed by atoms with van der Waals surface area (Å²) in [4.78, 5) is 0. The normalized spacial score (nSPS) is 14.6. The van der Waals surface area contributed by atoms with Gasteiger partial charge in [0.1, 0.15) is 5.75 Å². The van der Waals surface area contributed by atoms with E-state index in [1.54, 1.807) is 6.92 Å². The molecule has 1 atom stereocenters. The van der Waals surface area contributed by atoms with Crippen molar-refractivity contribution in [1.29, 1.82) is 0 Å². The molecule has 16 heavy (non-hydrogen) atoms. The Morgan fingerprint density at radius 3 is 2.31 bits per heavy atom. The van der Waals surface area contributed by atoms with Gasteiger partial charge in [-0.15, -0.1) is 0 Å². The highest BCUT2D eigenvalue weighted by atomic mass is 16.5. The van der Waals surface area contributed by atoms with E-state index in [2.05, 4.69) is 6.07 Å². The number of rotatable bonds is 5. The molecule has 0 aromatic heterocycles. The zero-order valence-corrected chi connectivity index (χ0v) is 10.3. The monoisotopic (exact) mass is 223 g/mol. The fourth-order valence-corrected chi connectivity index (χ4v) is 1.51. The molecule has 0 saturated carbocycles. The summed E-state index contributed by atoms with van der Waals surface area (Å²) in [5.74, 6) is 0.852. The molecular formula is C13H21NO2. The van der Waals surface area contributed by atoms with Crippen molar-refractivity contribution >= 4 is 0 Å². The fraction of sp³-hybridized carbons (Fsp3) is 0.538. The Balaban J connectivity index is 2.49. The molecule has 3 heteroatoms. The summed E-state index contributed by atoms with van der Waals surface area (Å²) in [5, 5.41) is 9.71. The van der Waals surface area contributed by atoms with E-state index in [0.29, 0.717) is 13.0 Å². The summed E-state index contributed by atoms with van der Waals surface area (Å²) < 4.78 is 5.59. The molecule has 0 bridgehead atoms. The highest BCUT2D eigenvalue weighted by Crippen LogP contribution is 2.17.